The molecular formula is C13H22N2O4S. The van der Waals surface area contributed by atoms with Crippen LogP contribution in [0.25, 0.3) is 0 Å². The van der Waals surface area contributed by atoms with Crippen molar-refractivity contribution in [1.82, 2.24) is 9.80 Å². The monoisotopic (exact) mass is 302 g/mol. The second kappa shape index (κ2) is 7.52. The zero-order valence-electron chi connectivity index (χ0n) is 12.2. The van der Waals surface area contributed by atoms with Gasteiger partial charge in [0.2, 0.25) is 11.8 Å². The molecule has 0 aromatic carbocycles. The molecule has 0 bridgehead atoms. The number of carbonyl (C=O) groups excluding carboxylic acids is 2. The zero-order valence-corrected chi connectivity index (χ0v) is 13.0. The number of carboxylic acids is 1. The molecule has 1 rings (SSSR count). The predicted octanol–water partition coefficient (Wildman–Crippen LogP) is 0.520. The Kier molecular flexibility index (Phi) is 6.32. The highest BCUT2D eigenvalue weighted by Gasteiger charge is 2.26. The Morgan fingerprint density at radius 2 is 1.60 bits per heavy atom. The Balaban J connectivity index is 2.40. The quantitative estimate of drug-likeness (QED) is 0.801. The predicted molar refractivity (Wildman–Crippen MR) is 77.6 cm³/mol. The molecule has 1 aliphatic rings. The minimum Gasteiger partial charge on any atom is -0.480 e. The van der Waals surface area contributed by atoms with Gasteiger partial charge >= 0.3 is 5.97 Å². The molecular weight excluding hydrogens is 280 g/mol. The number of rotatable bonds is 5. The molecule has 1 saturated heterocycles. The van der Waals surface area contributed by atoms with Gasteiger partial charge in [0.25, 0.3) is 0 Å². The first-order valence-corrected chi connectivity index (χ1v) is 7.75. The van der Waals surface area contributed by atoms with Crippen LogP contribution < -0.4 is 0 Å². The first-order valence-electron chi connectivity index (χ1n) is 6.70. The molecule has 1 unspecified atom stereocenters. The molecule has 2 amide bonds. The van der Waals surface area contributed by atoms with Crippen LogP contribution in [0.2, 0.25) is 0 Å². The van der Waals surface area contributed by atoms with E-state index in [-0.39, 0.29) is 23.5 Å². The van der Waals surface area contributed by atoms with E-state index in [1.54, 1.807) is 9.80 Å². The van der Waals surface area contributed by atoms with E-state index in [0.717, 1.165) is 0 Å². The maximum Gasteiger partial charge on any atom is 0.316 e. The molecule has 1 atom stereocenters. The lowest BCUT2D eigenvalue weighted by molar-refractivity contribution is -0.137. The third kappa shape index (κ3) is 4.70. The van der Waals surface area contributed by atoms with Gasteiger partial charge in [0.05, 0.1) is 5.75 Å². The average Bonchev–Trinajstić information content (AvgIpc) is 2.38. The van der Waals surface area contributed by atoms with Gasteiger partial charge in [0.15, 0.2) is 0 Å². The second-order valence-electron chi connectivity index (χ2n) is 5.20. The fraction of sp³-hybridized carbons (Fsp3) is 0.769. The fourth-order valence-electron chi connectivity index (χ4n) is 2.07. The van der Waals surface area contributed by atoms with Crippen LogP contribution in [0, 0.1) is 5.92 Å². The third-order valence-corrected chi connectivity index (χ3v) is 4.83. The van der Waals surface area contributed by atoms with Crippen LogP contribution >= 0.6 is 11.8 Å². The Morgan fingerprint density at radius 3 is 2.00 bits per heavy atom. The van der Waals surface area contributed by atoms with Crippen molar-refractivity contribution in [3.63, 3.8) is 0 Å². The summed E-state index contributed by atoms with van der Waals surface area (Å²) < 4.78 is 0. The van der Waals surface area contributed by atoms with Crippen molar-refractivity contribution in [3.05, 3.63) is 0 Å². The van der Waals surface area contributed by atoms with E-state index in [4.69, 9.17) is 5.11 Å². The number of hydrogen-bond donors (Lipinski definition) is 1. The third-order valence-electron chi connectivity index (χ3n) is 3.31. The first kappa shape index (κ1) is 16.8. The summed E-state index contributed by atoms with van der Waals surface area (Å²) in [7, 11) is 0. The molecule has 0 aliphatic carbocycles. The van der Waals surface area contributed by atoms with Crippen molar-refractivity contribution >= 4 is 29.5 Å². The molecule has 114 valence electrons. The van der Waals surface area contributed by atoms with Gasteiger partial charge in [-0.2, -0.15) is 0 Å². The van der Waals surface area contributed by atoms with E-state index in [0.29, 0.717) is 26.2 Å². The van der Waals surface area contributed by atoms with Crippen molar-refractivity contribution < 1.29 is 19.5 Å². The normalized spacial score (nSPS) is 17.2. The summed E-state index contributed by atoms with van der Waals surface area (Å²) in [6.45, 7) is 7.35. The van der Waals surface area contributed by atoms with Gasteiger partial charge in [-0.3, -0.25) is 14.4 Å². The summed E-state index contributed by atoms with van der Waals surface area (Å²) in [6.07, 6.45) is 0. The zero-order chi connectivity index (χ0) is 15.3. The molecule has 7 heteroatoms. The van der Waals surface area contributed by atoms with E-state index in [1.807, 2.05) is 13.8 Å². The summed E-state index contributed by atoms with van der Waals surface area (Å²) >= 11 is 1.18. The lowest BCUT2D eigenvalue weighted by Crippen LogP contribution is -2.50. The molecule has 1 fully saturated rings. The van der Waals surface area contributed by atoms with E-state index >= 15 is 0 Å². The van der Waals surface area contributed by atoms with Crippen molar-refractivity contribution in [1.29, 1.82) is 0 Å². The van der Waals surface area contributed by atoms with Gasteiger partial charge in [-0.15, -0.1) is 11.8 Å². The number of nitrogens with zero attached hydrogens (tertiary/aromatic N) is 2. The van der Waals surface area contributed by atoms with Gasteiger partial charge in [0, 0.05) is 33.1 Å². The van der Waals surface area contributed by atoms with Gasteiger partial charge in [-0.05, 0) is 5.92 Å². The standard InChI is InChI=1S/C13H22N2O4S/c1-9(2)12(13(18)19)20-8-11(17)15-6-4-14(5-7-15)10(3)16/h9,12H,4-8H2,1-3H3,(H,18,19). The highest BCUT2D eigenvalue weighted by molar-refractivity contribution is 8.01. The average molecular weight is 302 g/mol. The van der Waals surface area contributed by atoms with Crippen molar-refractivity contribution in [3.8, 4) is 0 Å². The van der Waals surface area contributed by atoms with Crippen molar-refractivity contribution in [2.24, 2.45) is 5.92 Å². The van der Waals surface area contributed by atoms with Gasteiger partial charge < -0.3 is 14.9 Å². The molecule has 1 aliphatic heterocycles. The van der Waals surface area contributed by atoms with Crippen LogP contribution in [-0.4, -0.2) is 69.9 Å². The molecule has 0 saturated carbocycles. The van der Waals surface area contributed by atoms with E-state index in [1.165, 1.54) is 18.7 Å². The molecule has 0 aromatic rings. The Labute approximate surface area is 123 Å². The molecule has 20 heavy (non-hydrogen) atoms. The summed E-state index contributed by atoms with van der Waals surface area (Å²) in [5.41, 5.74) is 0. The number of aliphatic carboxylic acids is 1. The van der Waals surface area contributed by atoms with Crippen LogP contribution in [0.15, 0.2) is 0 Å². The largest absolute Gasteiger partial charge is 0.480 e. The molecule has 0 radical (unpaired) electrons. The highest BCUT2D eigenvalue weighted by atomic mass is 32.2. The molecule has 1 heterocycles. The number of amides is 2. The molecule has 0 aromatic heterocycles. The Hall–Kier alpha value is -1.24. The maximum absolute atomic E-state index is 12.0. The van der Waals surface area contributed by atoms with Crippen molar-refractivity contribution in [2.45, 2.75) is 26.0 Å². The lowest BCUT2D eigenvalue weighted by atomic mass is 10.1. The van der Waals surface area contributed by atoms with Crippen LogP contribution in [0.5, 0.6) is 0 Å². The maximum atomic E-state index is 12.0. The summed E-state index contributed by atoms with van der Waals surface area (Å²) in [5.74, 6) is -0.740. The Bertz CT molecular complexity index is 379. The van der Waals surface area contributed by atoms with E-state index < -0.39 is 11.2 Å². The smallest absolute Gasteiger partial charge is 0.316 e. The molecule has 1 N–H and O–H groups in total. The van der Waals surface area contributed by atoms with Crippen LogP contribution in [0.4, 0.5) is 0 Å². The minimum absolute atomic E-state index is 0.0140. The van der Waals surface area contributed by atoms with E-state index in [9.17, 15) is 14.4 Å². The first-order chi connectivity index (χ1) is 9.32. The second-order valence-corrected chi connectivity index (χ2v) is 6.33. The van der Waals surface area contributed by atoms with Crippen LogP contribution in [0.1, 0.15) is 20.8 Å². The number of carboxylic acid groups (broad SMARTS) is 1. The fourth-order valence-corrected chi connectivity index (χ4v) is 3.10. The van der Waals surface area contributed by atoms with Crippen LogP contribution in [0.3, 0.4) is 0 Å². The number of piperazine rings is 1. The number of hydrogen-bond acceptors (Lipinski definition) is 4. The highest BCUT2D eigenvalue weighted by Crippen LogP contribution is 2.20. The Morgan fingerprint density at radius 1 is 1.10 bits per heavy atom. The van der Waals surface area contributed by atoms with Gasteiger partial charge in [-0.1, -0.05) is 13.8 Å². The topological polar surface area (TPSA) is 77.9 Å². The van der Waals surface area contributed by atoms with Crippen LogP contribution in [-0.2, 0) is 14.4 Å². The summed E-state index contributed by atoms with van der Waals surface area (Å²) in [4.78, 5) is 37.7. The van der Waals surface area contributed by atoms with E-state index in [2.05, 4.69) is 0 Å². The number of thioether (sulfide) groups is 1. The lowest BCUT2D eigenvalue weighted by Gasteiger charge is -2.34. The SMILES string of the molecule is CC(=O)N1CCN(C(=O)CSC(C(=O)O)C(C)C)CC1. The minimum atomic E-state index is -0.876. The summed E-state index contributed by atoms with van der Waals surface area (Å²) in [5, 5.41) is 8.51. The molecule has 6 nitrogen and oxygen atoms in total. The van der Waals surface area contributed by atoms with Crippen molar-refractivity contribution in [2.75, 3.05) is 31.9 Å². The summed E-state index contributed by atoms with van der Waals surface area (Å²) in [6, 6.07) is 0. The molecule has 0 spiro atoms. The van der Waals surface area contributed by atoms with Gasteiger partial charge in [-0.25, -0.2) is 0 Å². The number of carbonyl (C=O) groups is 3. The van der Waals surface area contributed by atoms with Gasteiger partial charge in [0.1, 0.15) is 5.25 Å².